The first-order valence-corrected chi connectivity index (χ1v) is 7.80. The second-order valence-corrected chi connectivity index (χ2v) is 6.88. The van der Waals surface area contributed by atoms with E-state index < -0.39 is 0 Å². The molecule has 2 atom stereocenters. The van der Waals surface area contributed by atoms with Crippen LogP contribution in [0.4, 0.5) is 0 Å². The summed E-state index contributed by atoms with van der Waals surface area (Å²) in [6, 6.07) is 10.8. The summed E-state index contributed by atoms with van der Waals surface area (Å²) in [5.74, 6) is 0.541. The normalized spacial score (nSPS) is 22.7. The van der Waals surface area contributed by atoms with E-state index in [0.29, 0.717) is 5.92 Å². The van der Waals surface area contributed by atoms with E-state index in [9.17, 15) is 0 Å². The Labute approximate surface area is 119 Å². The molecular weight excluding hydrogens is 316 g/mol. The number of fused-ring (bicyclic) bond motifs is 1. The van der Waals surface area contributed by atoms with Crippen LogP contribution in [0.3, 0.4) is 0 Å². The second-order valence-electron chi connectivity index (χ2n) is 4.50. The van der Waals surface area contributed by atoms with E-state index in [-0.39, 0.29) is 5.38 Å². The Morgan fingerprint density at radius 2 is 2.18 bits per heavy atom. The van der Waals surface area contributed by atoms with Gasteiger partial charge in [-0.15, -0.1) is 22.9 Å². The summed E-state index contributed by atoms with van der Waals surface area (Å²) >= 11 is 11.9. The maximum atomic E-state index is 6.56. The highest BCUT2D eigenvalue weighted by Gasteiger charge is 2.30. The topological polar surface area (TPSA) is 0 Å². The Balaban J connectivity index is 1.80. The molecule has 0 N–H and O–H groups in total. The molecule has 1 heterocycles. The molecule has 1 aliphatic carbocycles. The SMILES string of the molecule is ClC1c2ccccc2CC1Cc1cc(Br)cs1. The zero-order chi connectivity index (χ0) is 11.8. The zero-order valence-electron chi connectivity index (χ0n) is 9.20. The van der Waals surface area contributed by atoms with Crippen LogP contribution in [0.15, 0.2) is 40.2 Å². The van der Waals surface area contributed by atoms with Gasteiger partial charge in [-0.1, -0.05) is 24.3 Å². The van der Waals surface area contributed by atoms with Gasteiger partial charge in [-0.2, -0.15) is 0 Å². The first-order valence-electron chi connectivity index (χ1n) is 5.69. The van der Waals surface area contributed by atoms with Crippen molar-refractivity contribution in [1.82, 2.24) is 0 Å². The number of hydrogen-bond donors (Lipinski definition) is 0. The molecule has 0 bridgehead atoms. The van der Waals surface area contributed by atoms with Crippen LogP contribution in [0, 0.1) is 5.92 Å². The molecular formula is C14H12BrClS. The lowest BCUT2D eigenvalue weighted by Crippen LogP contribution is -2.05. The molecule has 1 aromatic heterocycles. The van der Waals surface area contributed by atoms with Crippen LogP contribution in [-0.4, -0.2) is 0 Å². The van der Waals surface area contributed by atoms with Gasteiger partial charge in [0, 0.05) is 14.7 Å². The zero-order valence-corrected chi connectivity index (χ0v) is 12.4. The number of hydrogen-bond acceptors (Lipinski definition) is 1. The summed E-state index contributed by atoms with van der Waals surface area (Å²) in [5.41, 5.74) is 2.75. The maximum absolute atomic E-state index is 6.56. The molecule has 0 saturated heterocycles. The van der Waals surface area contributed by atoms with Gasteiger partial charge in [0.2, 0.25) is 0 Å². The molecule has 0 aliphatic heterocycles. The smallest absolute Gasteiger partial charge is 0.0622 e. The summed E-state index contributed by atoms with van der Waals surface area (Å²) in [6.45, 7) is 0. The van der Waals surface area contributed by atoms with Gasteiger partial charge in [0.05, 0.1) is 5.38 Å². The third-order valence-electron chi connectivity index (χ3n) is 3.33. The van der Waals surface area contributed by atoms with Gasteiger partial charge >= 0.3 is 0 Å². The van der Waals surface area contributed by atoms with E-state index in [2.05, 4.69) is 51.6 Å². The number of benzene rings is 1. The minimum Gasteiger partial charge on any atom is -0.148 e. The lowest BCUT2D eigenvalue weighted by atomic mass is 10.0. The largest absolute Gasteiger partial charge is 0.148 e. The molecule has 0 nitrogen and oxygen atoms in total. The van der Waals surface area contributed by atoms with Crippen LogP contribution in [-0.2, 0) is 12.8 Å². The molecule has 17 heavy (non-hydrogen) atoms. The third kappa shape index (κ3) is 2.31. The molecule has 1 aliphatic rings. The quantitative estimate of drug-likeness (QED) is 0.665. The van der Waals surface area contributed by atoms with E-state index in [0.717, 1.165) is 12.8 Å². The maximum Gasteiger partial charge on any atom is 0.0622 e. The van der Waals surface area contributed by atoms with E-state index in [1.54, 1.807) is 0 Å². The van der Waals surface area contributed by atoms with Crippen molar-refractivity contribution in [2.45, 2.75) is 18.2 Å². The van der Waals surface area contributed by atoms with Gasteiger partial charge in [0.1, 0.15) is 0 Å². The summed E-state index contributed by atoms with van der Waals surface area (Å²) in [5, 5.41) is 2.31. The Morgan fingerprint density at radius 1 is 1.35 bits per heavy atom. The van der Waals surface area contributed by atoms with Gasteiger partial charge in [-0.25, -0.2) is 0 Å². The molecule has 88 valence electrons. The van der Waals surface area contributed by atoms with E-state index in [1.807, 2.05) is 11.3 Å². The molecule has 0 amide bonds. The number of thiophene rings is 1. The van der Waals surface area contributed by atoms with Crippen LogP contribution < -0.4 is 0 Å². The van der Waals surface area contributed by atoms with Gasteiger partial charge in [0.25, 0.3) is 0 Å². The minimum absolute atomic E-state index is 0.173. The van der Waals surface area contributed by atoms with Crippen molar-refractivity contribution in [1.29, 1.82) is 0 Å². The Hall–Kier alpha value is -0.310. The monoisotopic (exact) mass is 326 g/mol. The molecule has 2 aromatic rings. The lowest BCUT2D eigenvalue weighted by molar-refractivity contribution is 0.548. The van der Waals surface area contributed by atoms with E-state index in [4.69, 9.17) is 11.6 Å². The highest BCUT2D eigenvalue weighted by Crippen LogP contribution is 2.42. The standard InChI is InChI=1S/C14H12BrClS/c15-11-7-12(17-8-11)6-10-5-9-3-1-2-4-13(9)14(10)16/h1-4,7-8,10,14H,5-6H2. The molecule has 3 heteroatoms. The van der Waals surface area contributed by atoms with E-state index in [1.165, 1.54) is 20.5 Å². The highest BCUT2D eigenvalue weighted by molar-refractivity contribution is 9.10. The molecule has 3 rings (SSSR count). The van der Waals surface area contributed by atoms with Crippen molar-refractivity contribution in [3.05, 3.63) is 56.2 Å². The van der Waals surface area contributed by atoms with Gasteiger partial charge in [0.15, 0.2) is 0 Å². The second kappa shape index (κ2) is 4.75. The van der Waals surface area contributed by atoms with Crippen molar-refractivity contribution in [3.63, 3.8) is 0 Å². The molecule has 0 spiro atoms. The molecule has 2 unspecified atom stereocenters. The van der Waals surface area contributed by atoms with Gasteiger partial charge in [-0.3, -0.25) is 0 Å². The Bertz CT molecular complexity index is 535. The molecule has 0 saturated carbocycles. The highest BCUT2D eigenvalue weighted by atomic mass is 79.9. The molecule has 0 fully saturated rings. The molecule has 1 aromatic carbocycles. The fraction of sp³-hybridized carbons (Fsp3) is 0.286. The summed E-state index contributed by atoms with van der Waals surface area (Å²) in [6.07, 6.45) is 2.19. The average molecular weight is 328 g/mol. The van der Waals surface area contributed by atoms with E-state index >= 15 is 0 Å². The Morgan fingerprint density at radius 3 is 2.88 bits per heavy atom. The Kier molecular flexibility index (Phi) is 3.29. The van der Waals surface area contributed by atoms with Gasteiger partial charge < -0.3 is 0 Å². The lowest BCUT2D eigenvalue weighted by Gasteiger charge is -2.12. The van der Waals surface area contributed by atoms with Crippen molar-refractivity contribution in [2.75, 3.05) is 0 Å². The van der Waals surface area contributed by atoms with Crippen molar-refractivity contribution >= 4 is 38.9 Å². The number of rotatable bonds is 2. The van der Waals surface area contributed by atoms with Crippen LogP contribution in [0.1, 0.15) is 21.4 Å². The predicted octanol–water partition coefficient (Wildman–Crippen LogP) is 5.21. The first kappa shape index (κ1) is 11.8. The summed E-state index contributed by atoms with van der Waals surface area (Å²) in [7, 11) is 0. The first-order chi connectivity index (χ1) is 8.24. The van der Waals surface area contributed by atoms with Crippen molar-refractivity contribution in [2.24, 2.45) is 5.92 Å². The van der Waals surface area contributed by atoms with Gasteiger partial charge in [-0.05, 0) is 51.9 Å². The third-order valence-corrected chi connectivity index (χ3v) is 5.64. The summed E-state index contributed by atoms with van der Waals surface area (Å²) < 4.78 is 1.18. The summed E-state index contributed by atoms with van der Waals surface area (Å²) in [4.78, 5) is 1.42. The van der Waals surface area contributed by atoms with Crippen LogP contribution in [0.25, 0.3) is 0 Å². The average Bonchev–Trinajstić information content (AvgIpc) is 2.86. The number of alkyl halides is 1. The predicted molar refractivity (Wildman–Crippen MR) is 78.0 cm³/mol. The minimum atomic E-state index is 0.173. The van der Waals surface area contributed by atoms with Crippen molar-refractivity contribution < 1.29 is 0 Å². The fourth-order valence-corrected chi connectivity index (χ4v) is 4.46. The fourth-order valence-electron chi connectivity index (χ4n) is 2.52. The number of halogens is 2. The molecule has 0 radical (unpaired) electrons. The van der Waals surface area contributed by atoms with Crippen LogP contribution >= 0.6 is 38.9 Å². The van der Waals surface area contributed by atoms with Crippen LogP contribution in [0.5, 0.6) is 0 Å². The van der Waals surface area contributed by atoms with Crippen LogP contribution in [0.2, 0.25) is 0 Å². The van der Waals surface area contributed by atoms with Crippen molar-refractivity contribution in [3.8, 4) is 0 Å².